The summed E-state index contributed by atoms with van der Waals surface area (Å²) in [6, 6.07) is 14.3. The lowest BCUT2D eigenvalue weighted by molar-refractivity contribution is -0.128. The molecule has 2 fully saturated rings. The van der Waals surface area contributed by atoms with Crippen LogP contribution >= 0.6 is 0 Å². The topological polar surface area (TPSA) is 109 Å². The van der Waals surface area contributed by atoms with Crippen LogP contribution in [0.4, 0.5) is 11.5 Å². The van der Waals surface area contributed by atoms with Crippen LogP contribution in [0.15, 0.2) is 49.1 Å². The fourth-order valence-electron chi connectivity index (χ4n) is 6.95. The zero-order chi connectivity index (χ0) is 30.1. The predicted octanol–water partition coefficient (Wildman–Crippen LogP) is 3.88. The van der Waals surface area contributed by atoms with E-state index in [1.54, 1.807) is 11.0 Å². The number of carbonyl (C=O) groups is 1. The van der Waals surface area contributed by atoms with Crippen LogP contribution in [0.1, 0.15) is 37.4 Å². The Bertz CT molecular complexity index is 1570. The molecule has 10 heteroatoms. The minimum Gasteiger partial charge on any atom is -0.508 e. The van der Waals surface area contributed by atoms with E-state index in [4.69, 9.17) is 14.7 Å². The molecule has 3 aliphatic rings. The van der Waals surface area contributed by atoms with Crippen LogP contribution in [0, 0.1) is 11.3 Å². The lowest BCUT2D eigenvalue weighted by Gasteiger charge is -2.42. The third kappa shape index (κ3) is 5.69. The fourth-order valence-corrected chi connectivity index (χ4v) is 6.95. The fraction of sp³-hybridized carbons (Fsp3) is 0.455. The largest absolute Gasteiger partial charge is 0.508 e. The molecule has 1 aromatic heterocycles. The molecule has 43 heavy (non-hydrogen) atoms. The first-order valence-electron chi connectivity index (χ1n) is 15.1. The van der Waals surface area contributed by atoms with E-state index in [9.17, 15) is 15.2 Å². The Morgan fingerprint density at radius 3 is 2.81 bits per heavy atom. The Labute approximate surface area is 252 Å². The number of phenolic OH excluding ortho intramolecular Hbond substituents is 1. The number of amides is 1. The first-order valence-corrected chi connectivity index (χ1v) is 15.1. The van der Waals surface area contributed by atoms with Crippen molar-refractivity contribution in [3.8, 4) is 17.8 Å². The number of anilines is 2. The van der Waals surface area contributed by atoms with E-state index in [2.05, 4.69) is 47.4 Å². The van der Waals surface area contributed by atoms with Gasteiger partial charge in [0.15, 0.2) is 0 Å². The first kappa shape index (κ1) is 28.7. The summed E-state index contributed by atoms with van der Waals surface area (Å²) in [6.45, 7) is 9.64. The molecule has 0 radical (unpaired) electrons. The van der Waals surface area contributed by atoms with Gasteiger partial charge in [-0.25, -0.2) is 0 Å². The minimum atomic E-state index is -0.260. The number of fused-ring (bicyclic) bond motifs is 2. The van der Waals surface area contributed by atoms with E-state index in [1.165, 1.54) is 6.08 Å². The van der Waals surface area contributed by atoms with Gasteiger partial charge in [0.05, 0.1) is 30.8 Å². The van der Waals surface area contributed by atoms with Crippen molar-refractivity contribution < 1.29 is 14.6 Å². The molecule has 1 unspecified atom stereocenters. The molecular weight excluding hydrogens is 542 g/mol. The van der Waals surface area contributed by atoms with Gasteiger partial charge in [-0.2, -0.15) is 15.2 Å². The van der Waals surface area contributed by atoms with Crippen molar-refractivity contribution in [2.75, 3.05) is 49.6 Å². The second kappa shape index (κ2) is 12.1. The van der Waals surface area contributed by atoms with Crippen LogP contribution < -0.4 is 14.5 Å². The molecule has 0 spiro atoms. The number of likely N-dealkylation sites (tertiary alicyclic amines) is 1. The van der Waals surface area contributed by atoms with Crippen molar-refractivity contribution >= 4 is 28.2 Å². The highest BCUT2D eigenvalue weighted by atomic mass is 16.5. The van der Waals surface area contributed by atoms with Crippen molar-refractivity contribution in [2.24, 2.45) is 0 Å². The van der Waals surface area contributed by atoms with Gasteiger partial charge in [0.25, 0.3) is 0 Å². The van der Waals surface area contributed by atoms with Crippen LogP contribution in [0.25, 0.3) is 10.8 Å². The Balaban J connectivity index is 1.36. The predicted molar refractivity (Wildman–Crippen MR) is 166 cm³/mol. The van der Waals surface area contributed by atoms with Gasteiger partial charge in [-0.05, 0) is 57.3 Å². The number of nitrogens with zero attached hydrogens (tertiary/aromatic N) is 7. The molecule has 4 heterocycles. The summed E-state index contributed by atoms with van der Waals surface area (Å²) in [5.41, 5.74) is 2.93. The third-order valence-electron chi connectivity index (χ3n) is 9.17. The summed E-state index contributed by atoms with van der Waals surface area (Å²) in [4.78, 5) is 31.1. The molecule has 2 aromatic carbocycles. The van der Waals surface area contributed by atoms with Gasteiger partial charge in [0.2, 0.25) is 5.91 Å². The van der Waals surface area contributed by atoms with Crippen LogP contribution in [0.2, 0.25) is 0 Å². The smallest absolute Gasteiger partial charge is 0.318 e. The van der Waals surface area contributed by atoms with Gasteiger partial charge in [0, 0.05) is 54.9 Å². The van der Waals surface area contributed by atoms with Crippen LogP contribution in [-0.2, 0) is 17.8 Å². The van der Waals surface area contributed by atoms with Gasteiger partial charge in [0.1, 0.15) is 17.7 Å². The second-order valence-electron chi connectivity index (χ2n) is 11.8. The van der Waals surface area contributed by atoms with Gasteiger partial charge >= 0.3 is 6.01 Å². The number of piperazine rings is 1. The maximum absolute atomic E-state index is 12.6. The number of nitriles is 1. The molecule has 10 nitrogen and oxygen atoms in total. The number of hydrogen-bond acceptors (Lipinski definition) is 9. The van der Waals surface area contributed by atoms with Crippen LogP contribution in [0.5, 0.6) is 11.8 Å². The summed E-state index contributed by atoms with van der Waals surface area (Å²) in [5, 5.41) is 22.1. The van der Waals surface area contributed by atoms with Crippen molar-refractivity contribution in [1.82, 2.24) is 19.8 Å². The highest BCUT2D eigenvalue weighted by molar-refractivity contribution is 5.95. The molecule has 0 bridgehead atoms. The Hall–Kier alpha value is -4.36. The third-order valence-corrected chi connectivity index (χ3v) is 9.17. The van der Waals surface area contributed by atoms with Crippen molar-refractivity contribution in [3.63, 3.8) is 0 Å². The Kier molecular flexibility index (Phi) is 8.08. The quantitative estimate of drug-likeness (QED) is 0.416. The zero-order valence-electron chi connectivity index (χ0n) is 24.9. The van der Waals surface area contributed by atoms with Crippen molar-refractivity contribution in [2.45, 2.75) is 57.3 Å². The number of phenols is 1. The standard InChI is InChI=1S/C33H39N7O3/c1-4-31(42)40-17-16-39(20-24(40)11-13-34)32-27-12-15-38(30-19-25(41)18-23-8-5-6-9-26(23)30)21-28(27)35-33(36-32)43-22(2)29-10-7-14-37(29)3/h4-6,8-9,18-19,22,24,29,41H,1,7,10-12,14-17,20-21H2,2-3H3/t22?,24-,29+/m0/s1. The maximum Gasteiger partial charge on any atom is 0.318 e. The molecule has 3 aliphatic heterocycles. The van der Waals surface area contributed by atoms with Crippen molar-refractivity contribution in [3.05, 3.63) is 60.3 Å². The summed E-state index contributed by atoms with van der Waals surface area (Å²) >= 11 is 0. The van der Waals surface area contributed by atoms with E-state index < -0.39 is 0 Å². The number of rotatable bonds is 7. The lowest BCUT2D eigenvalue weighted by atomic mass is 10.0. The minimum absolute atomic E-state index is 0.0819. The Morgan fingerprint density at radius 2 is 2.05 bits per heavy atom. The average Bonchev–Trinajstić information content (AvgIpc) is 3.45. The normalized spacial score (nSPS) is 21.4. The summed E-state index contributed by atoms with van der Waals surface area (Å²) < 4.78 is 6.47. The number of aromatic hydroxyl groups is 1. The van der Waals surface area contributed by atoms with E-state index >= 15 is 0 Å². The number of hydrogen-bond donors (Lipinski definition) is 1. The molecule has 1 N–H and O–H groups in total. The van der Waals surface area contributed by atoms with Gasteiger partial charge < -0.3 is 24.5 Å². The summed E-state index contributed by atoms with van der Waals surface area (Å²) in [6.07, 6.45) is 4.40. The number of carbonyl (C=O) groups excluding carboxylic acids is 1. The molecule has 0 saturated carbocycles. The van der Waals surface area contributed by atoms with Gasteiger partial charge in [-0.3, -0.25) is 9.69 Å². The SMILES string of the molecule is C=CC(=O)N1CCN(c2nc(OC(C)[C@H]3CCCN3C)nc3c2CCN(c2cc(O)cc4ccccc24)C3)C[C@@H]1CC#N. The number of aromatic nitrogens is 2. The van der Waals surface area contributed by atoms with Gasteiger partial charge in [-0.1, -0.05) is 30.8 Å². The van der Waals surface area contributed by atoms with E-state index in [1.807, 2.05) is 24.3 Å². The number of benzene rings is 2. The van der Waals surface area contributed by atoms with E-state index in [-0.39, 0.29) is 30.2 Å². The molecule has 2 saturated heterocycles. The highest BCUT2D eigenvalue weighted by Crippen LogP contribution is 2.37. The monoisotopic (exact) mass is 581 g/mol. The average molecular weight is 582 g/mol. The summed E-state index contributed by atoms with van der Waals surface area (Å²) in [7, 11) is 2.13. The lowest BCUT2D eigenvalue weighted by Crippen LogP contribution is -2.55. The zero-order valence-corrected chi connectivity index (χ0v) is 24.9. The molecule has 1 amide bonds. The van der Waals surface area contributed by atoms with Crippen molar-refractivity contribution in [1.29, 1.82) is 5.26 Å². The van der Waals surface area contributed by atoms with Gasteiger partial charge in [-0.15, -0.1) is 0 Å². The number of likely N-dealkylation sites (N-methyl/N-ethyl adjacent to an activating group) is 1. The molecule has 3 aromatic rings. The molecular formula is C33H39N7O3. The molecule has 6 rings (SSSR count). The van der Waals surface area contributed by atoms with Crippen LogP contribution in [-0.4, -0.2) is 88.7 Å². The van der Waals surface area contributed by atoms with E-state index in [0.29, 0.717) is 44.7 Å². The molecule has 224 valence electrons. The first-order chi connectivity index (χ1) is 20.9. The van der Waals surface area contributed by atoms with Crippen LogP contribution in [0.3, 0.4) is 0 Å². The summed E-state index contributed by atoms with van der Waals surface area (Å²) in [5.74, 6) is 0.898. The van der Waals surface area contributed by atoms with E-state index in [0.717, 1.165) is 59.5 Å². The number of ether oxygens (including phenoxy) is 1. The Morgan fingerprint density at radius 1 is 1.21 bits per heavy atom. The molecule has 0 aliphatic carbocycles. The highest BCUT2D eigenvalue weighted by Gasteiger charge is 2.34. The second-order valence-corrected chi connectivity index (χ2v) is 11.8. The maximum atomic E-state index is 12.6. The molecule has 3 atom stereocenters.